The van der Waals surface area contributed by atoms with Crippen molar-refractivity contribution in [1.29, 1.82) is 0 Å². The van der Waals surface area contributed by atoms with Crippen molar-refractivity contribution in [3.63, 3.8) is 0 Å². The SMILES string of the molecule is C[C@@H]1CCC=C[C@@H]2C[C@@]2(C(=O)NS(=O)(=O)C2(C)CC2)NC(=O)[C@@H]2C[C@@H](Oc3nccc4c5c(ccc34)OCCO5)CN2C(=O)[C@@H](N(C(=O)O)C(C)(C)C(F)(F)F)[C@H](C)C1. The van der Waals surface area contributed by atoms with Crippen molar-refractivity contribution < 1.29 is 60.1 Å². The average molecular weight is 850 g/mol. The molecule has 0 unspecified atom stereocenters. The molecule has 2 saturated carbocycles. The molecule has 1 aromatic carbocycles. The van der Waals surface area contributed by atoms with Gasteiger partial charge in [-0.3, -0.25) is 24.0 Å². The van der Waals surface area contributed by atoms with Crippen molar-refractivity contribution in [2.24, 2.45) is 17.8 Å². The van der Waals surface area contributed by atoms with Crippen LogP contribution in [0.1, 0.15) is 79.6 Å². The quantitative estimate of drug-likeness (QED) is 0.320. The Morgan fingerprint density at radius 2 is 1.80 bits per heavy atom. The maximum Gasteiger partial charge on any atom is 0.411 e. The first-order chi connectivity index (χ1) is 27.6. The van der Waals surface area contributed by atoms with Crippen molar-refractivity contribution in [3.05, 3.63) is 36.5 Å². The lowest BCUT2D eigenvalue weighted by atomic mass is 9.85. The number of ether oxygens (including phenoxy) is 3. The topological polar surface area (TPSA) is 194 Å². The Labute approximate surface area is 340 Å². The number of sulfonamides is 1. The summed E-state index contributed by atoms with van der Waals surface area (Å²) in [5, 5.41) is 14.3. The minimum absolute atomic E-state index is 0.0473. The van der Waals surface area contributed by atoms with Gasteiger partial charge in [-0.15, -0.1) is 0 Å². The fraction of sp³-hybridized carbons (Fsp3) is 0.625. The van der Waals surface area contributed by atoms with Gasteiger partial charge in [0, 0.05) is 29.3 Å². The van der Waals surface area contributed by atoms with Crippen LogP contribution in [0.25, 0.3) is 10.8 Å². The number of amides is 4. The molecule has 0 radical (unpaired) electrons. The van der Waals surface area contributed by atoms with Crippen LogP contribution >= 0.6 is 0 Å². The van der Waals surface area contributed by atoms with Crippen molar-refractivity contribution in [2.75, 3.05) is 19.8 Å². The van der Waals surface area contributed by atoms with E-state index in [1.807, 2.05) is 6.92 Å². The second-order valence-corrected chi connectivity index (χ2v) is 19.6. The summed E-state index contributed by atoms with van der Waals surface area (Å²) in [6.45, 7) is 6.56. The number of nitrogens with zero attached hydrogens (tertiary/aromatic N) is 3. The highest BCUT2D eigenvalue weighted by atomic mass is 32.2. The van der Waals surface area contributed by atoms with Crippen LogP contribution < -0.4 is 24.2 Å². The highest BCUT2D eigenvalue weighted by molar-refractivity contribution is 7.91. The van der Waals surface area contributed by atoms with Crippen LogP contribution in [0.5, 0.6) is 17.4 Å². The maximum absolute atomic E-state index is 15.0. The number of hydrogen-bond acceptors (Lipinski definition) is 10. The second kappa shape index (κ2) is 15.0. The molecule has 1 aromatic heterocycles. The van der Waals surface area contributed by atoms with Crippen molar-refractivity contribution >= 4 is 44.6 Å². The van der Waals surface area contributed by atoms with Gasteiger partial charge in [0.1, 0.15) is 42.5 Å². The van der Waals surface area contributed by atoms with Crippen LogP contribution in [0.4, 0.5) is 18.0 Å². The van der Waals surface area contributed by atoms with Gasteiger partial charge in [0.05, 0.1) is 11.3 Å². The average Bonchev–Trinajstić information content (AvgIpc) is 4.04. The molecule has 3 aliphatic heterocycles. The highest BCUT2D eigenvalue weighted by Crippen LogP contribution is 2.48. The number of pyridine rings is 1. The Morgan fingerprint density at radius 1 is 1.08 bits per heavy atom. The number of carboxylic acid groups (broad SMARTS) is 1. The predicted octanol–water partition coefficient (Wildman–Crippen LogP) is 4.93. The fourth-order valence-electron chi connectivity index (χ4n) is 8.57. The first-order valence-corrected chi connectivity index (χ1v) is 21.4. The summed E-state index contributed by atoms with van der Waals surface area (Å²) in [6, 6.07) is 1.71. The molecule has 7 rings (SSSR count). The first-order valence-electron chi connectivity index (χ1n) is 19.9. The number of benzene rings is 1. The van der Waals surface area contributed by atoms with Crippen LogP contribution in [0, 0.1) is 17.8 Å². The molecule has 0 bridgehead atoms. The van der Waals surface area contributed by atoms with E-state index < -0.39 is 85.9 Å². The molecule has 15 nitrogen and oxygen atoms in total. The maximum atomic E-state index is 15.0. The van der Waals surface area contributed by atoms with Gasteiger partial charge in [-0.05, 0) is 89.3 Å². The highest BCUT2D eigenvalue weighted by Gasteiger charge is 2.64. The van der Waals surface area contributed by atoms with Crippen molar-refractivity contribution in [2.45, 2.75) is 120 Å². The first kappa shape index (κ1) is 42.3. The van der Waals surface area contributed by atoms with Crippen molar-refractivity contribution in [1.82, 2.24) is 24.8 Å². The summed E-state index contributed by atoms with van der Waals surface area (Å²) in [6.07, 6.45) is -1.42. The number of fused-ring (bicyclic) bond motifs is 5. The second-order valence-electron chi connectivity index (χ2n) is 17.4. The van der Waals surface area contributed by atoms with E-state index in [4.69, 9.17) is 14.2 Å². The third kappa shape index (κ3) is 7.74. The number of rotatable bonds is 7. The van der Waals surface area contributed by atoms with E-state index in [1.54, 1.807) is 30.4 Å². The number of halogens is 3. The smallest absolute Gasteiger partial charge is 0.411 e. The van der Waals surface area contributed by atoms with Gasteiger partial charge in [0.15, 0.2) is 11.5 Å². The van der Waals surface area contributed by atoms with Gasteiger partial charge in [-0.25, -0.2) is 18.2 Å². The molecule has 3 N–H and O–H groups in total. The zero-order valence-electron chi connectivity index (χ0n) is 33.5. The number of alkyl halides is 3. The predicted molar refractivity (Wildman–Crippen MR) is 206 cm³/mol. The van der Waals surface area contributed by atoms with Crippen LogP contribution in [0.2, 0.25) is 0 Å². The summed E-state index contributed by atoms with van der Waals surface area (Å²) in [5.74, 6) is -3.56. The third-order valence-electron chi connectivity index (χ3n) is 12.7. The Bertz CT molecular complexity index is 2180. The van der Waals surface area contributed by atoms with E-state index in [1.165, 1.54) is 20.0 Å². The molecule has 0 spiro atoms. The van der Waals surface area contributed by atoms with Gasteiger partial charge in [-0.2, -0.15) is 13.2 Å². The number of allylic oxidation sites excluding steroid dienone is 1. The number of carbonyl (C=O) groups excluding carboxylic acids is 3. The number of nitrogens with one attached hydrogen (secondary N) is 2. The largest absolute Gasteiger partial charge is 0.486 e. The molecule has 19 heteroatoms. The number of carbonyl (C=O) groups is 4. The molecule has 322 valence electrons. The summed E-state index contributed by atoms with van der Waals surface area (Å²) in [7, 11) is -4.12. The lowest BCUT2D eigenvalue weighted by Gasteiger charge is -2.45. The molecular formula is C40H50F3N5O10S. The number of hydrogen-bond donors (Lipinski definition) is 3. The molecule has 4 amide bonds. The molecule has 4 heterocycles. The zero-order chi connectivity index (χ0) is 42.9. The van der Waals surface area contributed by atoms with Crippen LogP contribution in [0.3, 0.4) is 0 Å². The van der Waals surface area contributed by atoms with Crippen LogP contribution in [-0.2, 0) is 24.4 Å². The lowest BCUT2D eigenvalue weighted by Crippen LogP contribution is -2.66. The van der Waals surface area contributed by atoms with Gasteiger partial charge < -0.3 is 29.5 Å². The summed E-state index contributed by atoms with van der Waals surface area (Å²) in [4.78, 5) is 62.1. The molecular weight excluding hydrogens is 800 g/mol. The molecule has 5 aliphatic rings. The van der Waals surface area contributed by atoms with Gasteiger partial charge in [0.2, 0.25) is 27.7 Å². The zero-order valence-corrected chi connectivity index (χ0v) is 34.3. The van der Waals surface area contributed by atoms with Gasteiger partial charge in [-0.1, -0.05) is 26.0 Å². The van der Waals surface area contributed by atoms with E-state index in [0.717, 1.165) is 4.90 Å². The van der Waals surface area contributed by atoms with E-state index in [9.17, 15) is 41.1 Å². The van der Waals surface area contributed by atoms with E-state index >= 15 is 4.79 Å². The van der Waals surface area contributed by atoms with Crippen LogP contribution in [0.15, 0.2) is 36.5 Å². The number of aromatic nitrogens is 1. The van der Waals surface area contributed by atoms with Gasteiger partial charge in [0.25, 0.3) is 5.91 Å². The Hall–Kier alpha value is -4.81. The standard InChI is InChI=1S/C40H50F3N5O10S/c1-22-8-6-7-9-24-20-39(24,35(51)46-59(54,55)38(5)13-14-38)45-32(49)28-19-25(58-33-27-10-11-29-31(57-17-16-56-29)26(27)12-15-44-33)21-47(28)34(50)30(23(2)18-22)48(36(52)53)37(3,4)40(41,42)43/h7,9-12,15,22-25,28,30H,6,8,13-14,16-21H2,1-5H3,(H,45,49)(H,46,51)(H,52,53)/t22-,23-,24-,25-,28+,30+,39-/m1/s1. The molecule has 59 heavy (non-hydrogen) atoms. The lowest BCUT2D eigenvalue weighted by molar-refractivity contribution is -0.222. The third-order valence-corrected chi connectivity index (χ3v) is 14.8. The summed E-state index contributed by atoms with van der Waals surface area (Å²) >= 11 is 0. The molecule has 2 aromatic rings. The van der Waals surface area contributed by atoms with Gasteiger partial charge >= 0.3 is 12.3 Å². The Balaban J connectivity index is 1.29. The summed E-state index contributed by atoms with van der Waals surface area (Å²) in [5.41, 5.74) is -4.76. The monoisotopic (exact) mass is 849 g/mol. The van der Waals surface area contributed by atoms with Crippen molar-refractivity contribution in [3.8, 4) is 17.4 Å². The summed E-state index contributed by atoms with van der Waals surface area (Å²) < 4.78 is 89.6. The minimum Gasteiger partial charge on any atom is -0.486 e. The van der Waals surface area contributed by atoms with E-state index in [-0.39, 0.29) is 42.5 Å². The Morgan fingerprint density at radius 3 is 2.47 bits per heavy atom. The molecule has 2 aliphatic carbocycles. The molecule has 1 saturated heterocycles. The normalized spacial score (nSPS) is 29.6. The molecule has 7 atom stereocenters. The fourth-order valence-corrected chi connectivity index (χ4v) is 9.89. The van der Waals surface area contributed by atoms with E-state index in [2.05, 4.69) is 15.0 Å². The van der Waals surface area contributed by atoms with Crippen LogP contribution in [-0.4, -0.2) is 112 Å². The minimum atomic E-state index is -5.10. The van der Waals surface area contributed by atoms with E-state index in [0.29, 0.717) is 75.0 Å². The molecule has 3 fully saturated rings. The Kier molecular flexibility index (Phi) is 10.8.